The largest absolute Gasteiger partial charge is 0.497 e. The lowest BCUT2D eigenvalue weighted by Crippen LogP contribution is -2.33. The lowest BCUT2D eigenvalue weighted by molar-refractivity contribution is -0.124. The summed E-state index contributed by atoms with van der Waals surface area (Å²) >= 11 is 0. The highest BCUT2D eigenvalue weighted by Crippen LogP contribution is 2.34. The smallest absolute Gasteiger partial charge is 0.258 e. The Morgan fingerprint density at radius 2 is 2.09 bits per heavy atom. The number of carbonyl (C=O) groups excluding carboxylic acids is 2. The van der Waals surface area contributed by atoms with Gasteiger partial charge in [-0.2, -0.15) is 5.10 Å². The number of amides is 2. The standard InChI is InChI=1S/C23H24N4O5/c1-13(22(24)28)32-21-9-14(17-10-25-26-11-17)3-5-19(21)27-23(29)16-7-15-8-18(30-2)4-6-20(15)31-12-16/h3-6,8-11,13,16H,7,12H2,1-2H3,(H2,24,28)(H,25,26)(H,27,29)/t13-,16?/m0/s1. The summed E-state index contributed by atoms with van der Waals surface area (Å²) in [5.74, 6) is 0.568. The van der Waals surface area contributed by atoms with Crippen molar-refractivity contribution in [1.82, 2.24) is 10.2 Å². The number of nitrogens with one attached hydrogen (secondary N) is 2. The predicted octanol–water partition coefficient (Wildman–Crippen LogP) is 2.53. The predicted molar refractivity (Wildman–Crippen MR) is 118 cm³/mol. The summed E-state index contributed by atoms with van der Waals surface area (Å²) in [6.07, 6.45) is 3.04. The molecule has 1 unspecified atom stereocenters. The Kier molecular flexibility index (Phi) is 5.98. The molecule has 2 heterocycles. The van der Waals surface area contributed by atoms with Crippen molar-refractivity contribution in [3.05, 3.63) is 54.4 Å². The fourth-order valence-electron chi connectivity index (χ4n) is 3.46. The second kappa shape index (κ2) is 9.01. The molecule has 4 N–H and O–H groups in total. The highest BCUT2D eigenvalue weighted by atomic mass is 16.5. The Bertz CT molecular complexity index is 1130. The van der Waals surface area contributed by atoms with Crippen LogP contribution in [0.2, 0.25) is 0 Å². The van der Waals surface area contributed by atoms with Gasteiger partial charge in [0.1, 0.15) is 23.9 Å². The minimum absolute atomic E-state index is 0.217. The summed E-state index contributed by atoms with van der Waals surface area (Å²) in [7, 11) is 1.59. The number of hydrogen-bond donors (Lipinski definition) is 3. The molecule has 1 aromatic heterocycles. The van der Waals surface area contributed by atoms with Gasteiger partial charge in [-0.3, -0.25) is 14.7 Å². The van der Waals surface area contributed by atoms with Crippen molar-refractivity contribution in [2.75, 3.05) is 19.0 Å². The molecule has 32 heavy (non-hydrogen) atoms. The first-order valence-electron chi connectivity index (χ1n) is 10.1. The van der Waals surface area contributed by atoms with E-state index in [2.05, 4.69) is 15.5 Å². The quantitative estimate of drug-likeness (QED) is 0.522. The third kappa shape index (κ3) is 4.51. The highest BCUT2D eigenvalue weighted by Gasteiger charge is 2.27. The zero-order chi connectivity index (χ0) is 22.7. The van der Waals surface area contributed by atoms with Crippen molar-refractivity contribution in [3.63, 3.8) is 0 Å². The van der Waals surface area contributed by atoms with E-state index in [1.165, 1.54) is 0 Å². The zero-order valence-electron chi connectivity index (χ0n) is 17.8. The van der Waals surface area contributed by atoms with Gasteiger partial charge in [-0.05, 0) is 54.8 Å². The third-order valence-corrected chi connectivity index (χ3v) is 5.32. The van der Waals surface area contributed by atoms with Crippen LogP contribution in [0.4, 0.5) is 5.69 Å². The van der Waals surface area contributed by atoms with Crippen LogP contribution in [0.3, 0.4) is 0 Å². The molecule has 166 valence electrons. The molecular weight excluding hydrogens is 412 g/mol. The summed E-state index contributed by atoms with van der Waals surface area (Å²) < 4.78 is 16.8. The van der Waals surface area contributed by atoms with Gasteiger partial charge >= 0.3 is 0 Å². The second-order valence-corrected chi connectivity index (χ2v) is 7.54. The number of anilines is 1. The summed E-state index contributed by atoms with van der Waals surface area (Å²) in [5, 5.41) is 9.61. The molecule has 3 aromatic rings. The number of ether oxygens (including phenoxy) is 3. The topological polar surface area (TPSA) is 129 Å². The van der Waals surface area contributed by atoms with Crippen molar-refractivity contribution >= 4 is 17.5 Å². The number of hydrogen-bond acceptors (Lipinski definition) is 6. The van der Waals surface area contributed by atoms with Crippen molar-refractivity contribution in [2.45, 2.75) is 19.4 Å². The molecule has 9 heteroatoms. The van der Waals surface area contributed by atoms with Crippen molar-refractivity contribution in [1.29, 1.82) is 0 Å². The number of primary amides is 1. The van der Waals surface area contributed by atoms with Crippen LogP contribution in [-0.4, -0.2) is 41.8 Å². The highest BCUT2D eigenvalue weighted by molar-refractivity contribution is 5.95. The molecule has 9 nitrogen and oxygen atoms in total. The van der Waals surface area contributed by atoms with Gasteiger partial charge in [0.2, 0.25) is 5.91 Å². The van der Waals surface area contributed by atoms with Crippen LogP contribution in [-0.2, 0) is 16.0 Å². The summed E-state index contributed by atoms with van der Waals surface area (Å²) in [6, 6.07) is 10.8. The SMILES string of the molecule is COc1ccc2c(c1)CC(C(=O)Nc1ccc(-c3cn[nH]c3)cc1O[C@@H](C)C(N)=O)CO2. The number of aromatic amines is 1. The molecule has 1 aliphatic rings. The average molecular weight is 436 g/mol. The molecule has 0 fully saturated rings. The average Bonchev–Trinajstić information content (AvgIpc) is 3.34. The van der Waals surface area contributed by atoms with Gasteiger partial charge in [-0.25, -0.2) is 0 Å². The Labute approximate surface area is 184 Å². The maximum absolute atomic E-state index is 13.0. The summed E-state index contributed by atoms with van der Waals surface area (Å²) in [4.78, 5) is 24.6. The Hall–Kier alpha value is -4.01. The first-order valence-corrected chi connectivity index (χ1v) is 10.1. The van der Waals surface area contributed by atoms with Gasteiger partial charge in [0.05, 0.1) is 24.9 Å². The van der Waals surface area contributed by atoms with E-state index in [1.807, 2.05) is 24.3 Å². The van der Waals surface area contributed by atoms with E-state index >= 15 is 0 Å². The van der Waals surface area contributed by atoms with Gasteiger partial charge in [0.25, 0.3) is 5.91 Å². The number of fused-ring (bicyclic) bond motifs is 1. The first-order chi connectivity index (χ1) is 15.4. The van der Waals surface area contributed by atoms with Crippen LogP contribution in [0.1, 0.15) is 12.5 Å². The van der Waals surface area contributed by atoms with Gasteiger partial charge in [0, 0.05) is 11.8 Å². The van der Waals surface area contributed by atoms with E-state index in [1.54, 1.807) is 38.6 Å². The number of benzene rings is 2. The van der Waals surface area contributed by atoms with Crippen LogP contribution < -0.4 is 25.3 Å². The molecule has 0 aliphatic carbocycles. The fourth-order valence-corrected chi connectivity index (χ4v) is 3.46. The van der Waals surface area contributed by atoms with E-state index < -0.39 is 17.9 Å². The molecule has 0 saturated carbocycles. The maximum Gasteiger partial charge on any atom is 0.258 e. The molecule has 1 aliphatic heterocycles. The Morgan fingerprint density at radius 3 is 2.81 bits per heavy atom. The van der Waals surface area contributed by atoms with Crippen LogP contribution >= 0.6 is 0 Å². The van der Waals surface area contributed by atoms with E-state index in [9.17, 15) is 9.59 Å². The monoisotopic (exact) mass is 436 g/mol. The summed E-state index contributed by atoms with van der Waals surface area (Å²) in [5.41, 5.74) is 8.35. The molecule has 2 amide bonds. The molecule has 0 spiro atoms. The normalized spacial score (nSPS) is 15.8. The molecule has 0 saturated heterocycles. The molecular formula is C23H24N4O5. The fraction of sp³-hybridized carbons (Fsp3) is 0.261. The molecule has 0 bridgehead atoms. The molecule has 2 atom stereocenters. The van der Waals surface area contributed by atoms with E-state index in [4.69, 9.17) is 19.9 Å². The van der Waals surface area contributed by atoms with Gasteiger partial charge in [0.15, 0.2) is 6.10 Å². The van der Waals surface area contributed by atoms with Gasteiger partial charge in [-0.15, -0.1) is 0 Å². The van der Waals surface area contributed by atoms with Gasteiger partial charge < -0.3 is 25.3 Å². The number of aromatic nitrogens is 2. The molecule has 2 aromatic carbocycles. The van der Waals surface area contributed by atoms with E-state index in [0.717, 1.165) is 22.4 Å². The molecule has 0 radical (unpaired) electrons. The summed E-state index contributed by atoms with van der Waals surface area (Å²) in [6.45, 7) is 1.81. The first kappa shape index (κ1) is 21.2. The van der Waals surface area contributed by atoms with Crippen LogP contribution in [0, 0.1) is 5.92 Å². The van der Waals surface area contributed by atoms with Crippen LogP contribution in [0.25, 0.3) is 11.1 Å². The minimum atomic E-state index is -0.873. The van der Waals surface area contributed by atoms with Crippen molar-refractivity contribution < 1.29 is 23.8 Å². The van der Waals surface area contributed by atoms with Gasteiger partial charge in [-0.1, -0.05) is 6.07 Å². The third-order valence-electron chi connectivity index (χ3n) is 5.32. The number of H-pyrrole nitrogens is 1. The molecule has 4 rings (SSSR count). The van der Waals surface area contributed by atoms with Crippen LogP contribution in [0.15, 0.2) is 48.8 Å². The number of nitrogens with two attached hydrogens (primary N) is 1. The van der Waals surface area contributed by atoms with Crippen molar-refractivity contribution in [3.8, 4) is 28.4 Å². The number of methoxy groups -OCH3 is 1. The zero-order valence-corrected chi connectivity index (χ0v) is 17.8. The Morgan fingerprint density at radius 1 is 1.25 bits per heavy atom. The lowest BCUT2D eigenvalue weighted by Gasteiger charge is -2.25. The number of carbonyl (C=O) groups is 2. The van der Waals surface area contributed by atoms with E-state index in [0.29, 0.717) is 23.6 Å². The number of nitrogens with zero attached hydrogens (tertiary/aromatic N) is 1. The Balaban J connectivity index is 1.55. The van der Waals surface area contributed by atoms with Crippen LogP contribution in [0.5, 0.6) is 17.2 Å². The van der Waals surface area contributed by atoms with Crippen molar-refractivity contribution in [2.24, 2.45) is 11.7 Å². The minimum Gasteiger partial charge on any atom is -0.497 e. The lowest BCUT2D eigenvalue weighted by atomic mass is 9.95. The number of rotatable bonds is 7. The maximum atomic E-state index is 13.0. The second-order valence-electron chi connectivity index (χ2n) is 7.54. The van der Waals surface area contributed by atoms with E-state index in [-0.39, 0.29) is 12.5 Å².